The number of imide groups is 1. The number of unbranched alkanes of at least 4 members (excludes halogenated alkanes) is 2. The van der Waals surface area contributed by atoms with Gasteiger partial charge in [-0.2, -0.15) is 0 Å². The van der Waals surface area contributed by atoms with E-state index >= 15 is 0 Å². The maximum Gasteiger partial charge on any atom is 0.244 e. The molecule has 2 N–H and O–H groups in total. The number of halogens is 1. The first-order valence-corrected chi connectivity index (χ1v) is 12.7. The smallest absolute Gasteiger partial charge is 0.244 e. The Morgan fingerprint density at radius 2 is 1.97 bits per heavy atom. The summed E-state index contributed by atoms with van der Waals surface area (Å²) in [4.78, 5) is 28.2. The summed E-state index contributed by atoms with van der Waals surface area (Å²) < 4.78 is 1.14. The van der Waals surface area contributed by atoms with Crippen LogP contribution in [0.4, 0.5) is 5.69 Å². The lowest BCUT2D eigenvalue weighted by Crippen LogP contribution is -2.51. The van der Waals surface area contributed by atoms with Gasteiger partial charge in [0.1, 0.15) is 6.23 Å². The SMILES string of the molecule is O=C1CCC(N2Cc3c(CCCCCN4CCc5ccc(Br)cc54)cccc3C2O)C(=O)N1. The molecule has 0 saturated carbocycles. The fraction of sp³-hybridized carbons (Fsp3) is 0.462. The van der Waals surface area contributed by atoms with Crippen LogP contribution in [0.5, 0.6) is 0 Å². The van der Waals surface area contributed by atoms with Gasteiger partial charge < -0.3 is 10.0 Å². The van der Waals surface area contributed by atoms with E-state index in [2.05, 4.69) is 50.4 Å². The molecule has 0 spiro atoms. The number of aliphatic hydroxyl groups excluding tert-OH is 1. The van der Waals surface area contributed by atoms with Crippen molar-refractivity contribution < 1.29 is 14.7 Å². The molecule has 1 saturated heterocycles. The number of nitrogens with one attached hydrogen (secondary N) is 1. The lowest BCUT2D eigenvalue weighted by molar-refractivity contribution is -0.141. The number of aliphatic hydroxyl groups is 1. The Morgan fingerprint density at radius 1 is 1.09 bits per heavy atom. The first-order chi connectivity index (χ1) is 16.0. The maximum atomic E-state index is 12.3. The summed E-state index contributed by atoms with van der Waals surface area (Å²) in [5, 5.41) is 13.3. The van der Waals surface area contributed by atoms with E-state index in [1.54, 1.807) is 0 Å². The van der Waals surface area contributed by atoms with Crippen LogP contribution in [0.25, 0.3) is 0 Å². The van der Waals surface area contributed by atoms with Crippen LogP contribution < -0.4 is 10.2 Å². The van der Waals surface area contributed by atoms with Gasteiger partial charge in [0.05, 0.1) is 6.04 Å². The molecule has 2 unspecified atom stereocenters. The van der Waals surface area contributed by atoms with Gasteiger partial charge in [0, 0.05) is 41.8 Å². The Labute approximate surface area is 203 Å². The highest BCUT2D eigenvalue weighted by molar-refractivity contribution is 9.10. The third-order valence-corrected chi connectivity index (χ3v) is 7.76. The van der Waals surface area contributed by atoms with Crippen molar-refractivity contribution in [2.75, 3.05) is 18.0 Å². The fourth-order valence-corrected chi connectivity index (χ4v) is 5.85. The van der Waals surface area contributed by atoms with Crippen molar-refractivity contribution in [1.29, 1.82) is 0 Å². The normalized spacial score (nSPS) is 22.4. The molecular weight excluding hydrogens is 482 g/mol. The zero-order chi connectivity index (χ0) is 22.9. The third-order valence-electron chi connectivity index (χ3n) is 7.27. The molecule has 0 bridgehead atoms. The molecule has 2 aromatic rings. The second-order valence-electron chi connectivity index (χ2n) is 9.32. The van der Waals surface area contributed by atoms with Crippen LogP contribution in [0, 0.1) is 0 Å². The number of benzene rings is 2. The topological polar surface area (TPSA) is 72.9 Å². The lowest BCUT2D eigenvalue weighted by Gasteiger charge is -2.31. The number of hydrogen-bond acceptors (Lipinski definition) is 5. The average Bonchev–Trinajstić information content (AvgIpc) is 3.35. The standard InChI is InChI=1S/C26H30BrN3O3/c27-19-9-8-18-12-14-29(23(18)15-19)13-3-1-2-5-17-6-4-7-20-21(17)16-30(26(20)33)22-10-11-24(31)28-25(22)32/h4,6-9,15,22,26,33H,1-3,5,10-14,16H2,(H,28,31,32). The average molecular weight is 512 g/mol. The van der Waals surface area contributed by atoms with Crippen molar-refractivity contribution in [2.45, 2.75) is 63.8 Å². The van der Waals surface area contributed by atoms with Gasteiger partial charge in [-0.05, 0) is 60.9 Å². The van der Waals surface area contributed by atoms with Gasteiger partial charge in [0.2, 0.25) is 11.8 Å². The van der Waals surface area contributed by atoms with Gasteiger partial charge in [-0.1, -0.05) is 46.6 Å². The molecule has 33 heavy (non-hydrogen) atoms. The van der Waals surface area contributed by atoms with Gasteiger partial charge in [-0.25, -0.2) is 0 Å². The molecule has 2 atom stereocenters. The molecule has 2 amide bonds. The largest absolute Gasteiger partial charge is 0.374 e. The predicted molar refractivity (Wildman–Crippen MR) is 131 cm³/mol. The monoisotopic (exact) mass is 511 g/mol. The Balaban J connectivity index is 1.15. The summed E-state index contributed by atoms with van der Waals surface area (Å²) in [5.74, 6) is -0.525. The predicted octanol–water partition coefficient (Wildman–Crippen LogP) is 3.84. The van der Waals surface area contributed by atoms with E-state index in [1.807, 2.05) is 17.0 Å². The number of hydrogen-bond donors (Lipinski definition) is 2. The number of anilines is 1. The van der Waals surface area contributed by atoms with E-state index in [9.17, 15) is 14.7 Å². The van der Waals surface area contributed by atoms with Crippen molar-refractivity contribution >= 4 is 33.4 Å². The maximum absolute atomic E-state index is 12.3. The second kappa shape index (κ2) is 9.57. The number of fused-ring (bicyclic) bond motifs is 2. The van der Waals surface area contributed by atoms with Crippen LogP contribution >= 0.6 is 15.9 Å². The number of piperidine rings is 1. The lowest BCUT2D eigenvalue weighted by atomic mass is 9.98. The first-order valence-electron chi connectivity index (χ1n) is 11.9. The van der Waals surface area contributed by atoms with Gasteiger partial charge in [-0.3, -0.25) is 19.8 Å². The number of carbonyl (C=O) groups is 2. The summed E-state index contributed by atoms with van der Waals surface area (Å²) in [6.07, 6.45) is 5.51. The highest BCUT2D eigenvalue weighted by Crippen LogP contribution is 2.37. The number of rotatable bonds is 7. The van der Waals surface area contributed by atoms with Gasteiger partial charge in [-0.15, -0.1) is 0 Å². The molecule has 2 aromatic carbocycles. The van der Waals surface area contributed by atoms with E-state index in [-0.39, 0.29) is 11.8 Å². The van der Waals surface area contributed by atoms with Gasteiger partial charge >= 0.3 is 0 Å². The number of carbonyl (C=O) groups excluding carboxylic acids is 2. The van der Waals surface area contributed by atoms with Crippen molar-refractivity contribution in [1.82, 2.24) is 10.2 Å². The first kappa shape index (κ1) is 22.6. The Kier molecular flexibility index (Phi) is 6.54. The van der Waals surface area contributed by atoms with Crippen molar-refractivity contribution in [3.8, 4) is 0 Å². The summed E-state index contributed by atoms with van der Waals surface area (Å²) in [6, 6.07) is 12.2. The fourth-order valence-electron chi connectivity index (χ4n) is 5.50. The van der Waals surface area contributed by atoms with Crippen LogP contribution in [-0.2, 0) is 29.0 Å². The molecule has 5 rings (SSSR count). The van der Waals surface area contributed by atoms with Crippen LogP contribution in [-0.4, -0.2) is 41.0 Å². The highest BCUT2D eigenvalue weighted by atomic mass is 79.9. The van der Waals surface area contributed by atoms with Crippen LogP contribution in [0.1, 0.15) is 60.6 Å². The zero-order valence-corrected chi connectivity index (χ0v) is 20.3. The van der Waals surface area contributed by atoms with E-state index in [0.29, 0.717) is 19.4 Å². The summed E-state index contributed by atoms with van der Waals surface area (Å²) in [7, 11) is 0. The van der Waals surface area contributed by atoms with E-state index in [0.717, 1.165) is 60.8 Å². The Morgan fingerprint density at radius 3 is 2.82 bits per heavy atom. The minimum atomic E-state index is -0.793. The van der Waals surface area contributed by atoms with Gasteiger partial charge in [0.15, 0.2) is 0 Å². The van der Waals surface area contributed by atoms with Crippen molar-refractivity contribution in [2.24, 2.45) is 0 Å². The molecule has 0 aliphatic carbocycles. The summed E-state index contributed by atoms with van der Waals surface area (Å²) >= 11 is 3.59. The van der Waals surface area contributed by atoms with Gasteiger partial charge in [0.25, 0.3) is 0 Å². The van der Waals surface area contributed by atoms with Crippen molar-refractivity contribution in [3.05, 3.63) is 63.1 Å². The molecule has 3 aliphatic rings. The van der Waals surface area contributed by atoms with Crippen molar-refractivity contribution in [3.63, 3.8) is 0 Å². The number of amides is 2. The molecule has 1 fully saturated rings. The molecule has 7 heteroatoms. The van der Waals surface area contributed by atoms with Crippen LogP contribution in [0.3, 0.4) is 0 Å². The molecule has 0 radical (unpaired) electrons. The minimum Gasteiger partial charge on any atom is -0.374 e. The quantitative estimate of drug-likeness (QED) is 0.436. The molecule has 174 valence electrons. The van der Waals surface area contributed by atoms with E-state index in [4.69, 9.17) is 0 Å². The van der Waals surface area contributed by atoms with E-state index < -0.39 is 12.3 Å². The summed E-state index contributed by atoms with van der Waals surface area (Å²) in [6.45, 7) is 2.74. The highest BCUT2D eigenvalue weighted by Gasteiger charge is 2.40. The zero-order valence-electron chi connectivity index (χ0n) is 18.7. The second-order valence-corrected chi connectivity index (χ2v) is 10.2. The summed E-state index contributed by atoms with van der Waals surface area (Å²) in [5.41, 5.74) is 6.12. The molecule has 6 nitrogen and oxygen atoms in total. The minimum absolute atomic E-state index is 0.229. The molecule has 3 heterocycles. The molecule has 3 aliphatic heterocycles. The van der Waals surface area contributed by atoms with Crippen LogP contribution in [0.15, 0.2) is 40.9 Å². The Hall–Kier alpha value is -2.22. The number of aryl methyl sites for hydroxylation is 1. The Bertz CT molecular complexity index is 1070. The molecular formula is C26H30BrN3O3. The van der Waals surface area contributed by atoms with Crippen LogP contribution in [0.2, 0.25) is 0 Å². The van der Waals surface area contributed by atoms with E-state index in [1.165, 1.54) is 16.8 Å². The third kappa shape index (κ3) is 4.59. The number of nitrogens with zero attached hydrogens (tertiary/aromatic N) is 2. The molecule has 0 aromatic heterocycles.